The van der Waals surface area contributed by atoms with E-state index in [1.54, 1.807) is 7.11 Å². The Morgan fingerprint density at radius 2 is 1.85 bits per heavy atom. The zero-order chi connectivity index (χ0) is 10.0. The minimum atomic E-state index is 0.0876. The highest BCUT2D eigenvalue weighted by atomic mass is 16.5. The molecule has 72 valence electrons. The number of nitrogens with two attached hydrogens (primary N) is 1. The first kappa shape index (κ1) is 10.1. The average molecular weight is 179 g/mol. The number of ether oxygens (including phenoxy) is 1. The average Bonchev–Trinajstić information content (AvgIpc) is 2.09. The third kappa shape index (κ3) is 1.83. The lowest BCUT2D eigenvalue weighted by Gasteiger charge is -2.14. The molecule has 0 saturated heterocycles. The van der Waals surface area contributed by atoms with Crippen molar-refractivity contribution in [1.82, 2.24) is 0 Å². The third-order valence-electron chi connectivity index (χ3n) is 2.49. The summed E-state index contributed by atoms with van der Waals surface area (Å²) in [6, 6.07) is 4.09. The number of hydrogen-bond acceptors (Lipinski definition) is 2. The zero-order valence-corrected chi connectivity index (χ0v) is 8.72. The molecular formula is C11H17NO. The van der Waals surface area contributed by atoms with Crippen molar-refractivity contribution in [3.63, 3.8) is 0 Å². The zero-order valence-electron chi connectivity index (χ0n) is 8.72. The summed E-state index contributed by atoms with van der Waals surface area (Å²) in [5, 5.41) is 0. The van der Waals surface area contributed by atoms with E-state index in [0.717, 1.165) is 5.75 Å². The molecule has 13 heavy (non-hydrogen) atoms. The molecule has 2 nitrogen and oxygen atoms in total. The summed E-state index contributed by atoms with van der Waals surface area (Å²) >= 11 is 0. The molecule has 1 aromatic carbocycles. The smallest absolute Gasteiger partial charge is 0.122 e. The Morgan fingerprint density at radius 3 is 2.31 bits per heavy atom. The van der Waals surface area contributed by atoms with Crippen molar-refractivity contribution in [3.05, 3.63) is 28.8 Å². The third-order valence-corrected chi connectivity index (χ3v) is 2.49. The van der Waals surface area contributed by atoms with Crippen molar-refractivity contribution in [2.24, 2.45) is 5.73 Å². The second-order valence-corrected chi connectivity index (χ2v) is 3.40. The van der Waals surface area contributed by atoms with Crippen LogP contribution in [0.4, 0.5) is 0 Å². The molecule has 1 aromatic rings. The molecule has 0 aliphatic rings. The Morgan fingerprint density at radius 1 is 1.23 bits per heavy atom. The van der Waals surface area contributed by atoms with Crippen LogP contribution in [0.1, 0.15) is 29.7 Å². The Hall–Kier alpha value is -1.02. The Kier molecular flexibility index (Phi) is 2.94. The van der Waals surface area contributed by atoms with Crippen LogP contribution in [0.3, 0.4) is 0 Å². The molecule has 2 N–H and O–H groups in total. The molecule has 1 rings (SSSR count). The minimum absolute atomic E-state index is 0.0876. The van der Waals surface area contributed by atoms with E-state index in [0.29, 0.717) is 0 Å². The first-order valence-electron chi connectivity index (χ1n) is 4.47. The normalized spacial score (nSPS) is 12.7. The monoisotopic (exact) mass is 179 g/mol. The molecular weight excluding hydrogens is 162 g/mol. The maximum absolute atomic E-state index is 5.83. The summed E-state index contributed by atoms with van der Waals surface area (Å²) in [5.74, 6) is 0.932. The van der Waals surface area contributed by atoms with E-state index >= 15 is 0 Å². The van der Waals surface area contributed by atoms with Crippen LogP contribution >= 0.6 is 0 Å². The van der Waals surface area contributed by atoms with Gasteiger partial charge in [0.25, 0.3) is 0 Å². The van der Waals surface area contributed by atoms with Gasteiger partial charge < -0.3 is 10.5 Å². The number of rotatable bonds is 2. The van der Waals surface area contributed by atoms with Gasteiger partial charge in [-0.3, -0.25) is 0 Å². The summed E-state index contributed by atoms with van der Waals surface area (Å²) < 4.78 is 5.22. The topological polar surface area (TPSA) is 35.2 Å². The lowest BCUT2D eigenvalue weighted by atomic mass is 9.98. The maximum atomic E-state index is 5.83. The van der Waals surface area contributed by atoms with E-state index in [-0.39, 0.29) is 6.04 Å². The van der Waals surface area contributed by atoms with E-state index in [4.69, 9.17) is 10.5 Å². The molecule has 0 aliphatic carbocycles. The van der Waals surface area contributed by atoms with Gasteiger partial charge in [0.2, 0.25) is 0 Å². The van der Waals surface area contributed by atoms with Gasteiger partial charge >= 0.3 is 0 Å². The lowest BCUT2D eigenvalue weighted by Crippen LogP contribution is -2.08. The van der Waals surface area contributed by atoms with Gasteiger partial charge in [-0.2, -0.15) is 0 Å². The van der Waals surface area contributed by atoms with Crippen molar-refractivity contribution in [2.45, 2.75) is 26.8 Å². The quantitative estimate of drug-likeness (QED) is 0.756. The van der Waals surface area contributed by atoms with Crippen LogP contribution in [0.25, 0.3) is 0 Å². The van der Waals surface area contributed by atoms with Crippen LogP contribution in [0.2, 0.25) is 0 Å². The second-order valence-electron chi connectivity index (χ2n) is 3.40. The molecule has 0 fully saturated rings. The number of hydrogen-bond donors (Lipinski definition) is 1. The molecule has 0 spiro atoms. The maximum Gasteiger partial charge on any atom is 0.122 e. The van der Waals surface area contributed by atoms with Crippen LogP contribution in [0.5, 0.6) is 5.75 Å². The van der Waals surface area contributed by atoms with Gasteiger partial charge in [-0.25, -0.2) is 0 Å². The molecule has 0 heterocycles. The van der Waals surface area contributed by atoms with Gasteiger partial charge in [0.15, 0.2) is 0 Å². The SMILES string of the molecule is COc1ccc(C(C)N)c(C)c1C. The van der Waals surface area contributed by atoms with Gasteiger partial charge in [-0.05, 0) is 43.5 Å². The summed E-state index contributed by atoms with van der Waals surface area (Å²) in [6.45, 7) is 6.13. The van der Waals surface area contributed by atoms with E-state index in [9.17, 15) is 0 Å². The van der Waals surface area contributed by atoms with Gasteiger partial charge in [-0.15, -0.1) is 0 Å². The van der Waals surface area contributed by atoms with Crippen molar-refractivity contribution < 1.29 is 4.74 Å². The first-order chi connectivity index (χ1) is 6.07. The molecule has 1 atom stereocenters. The highest BCUT2D eigenvalue weighted by Crippen LogP contribution is 2.26. The minimum Gasteiger partial charge on any atom is -0.496 e. The molecule has 0 amide bonds. The van der Waals surface area contributed by atoms with Crippen LogP contribution in [0.15, 0.2) is 12.1 Å². The van der Waals surface area contributed by atoms with Crippen LogP contribution in [-0.2, 0) is 0 Å². The lowest BCUT2D eigenvalue weighted by molar-refractivity contribution is 0.411. The van der Waals surface area contributed by atoms with Crippen LogP contribution < -0.4 is 10.5 Å². The van der Waals surface area contributed by atoms with Gasteiger partial charge in [0.1, 0.15) is 5.75 Å². The predicted molar refractivity (Wildman–Crippen MR) is 55.1 cm³/mol. The van der Waals surface area contributed by atoms with Crippen molar-refractivity contribution in [3.8, 4) is 5.75 Å². The summed E-state index contributed by atoms with van der Waals surface area (Å²) in [6.07, 6.45) is 0. The standard InChI is InChI=1S/C11H17NO/c1-7-8(2)11(13-4)6-5-10(7)9(3)12/h5-6,9H,12H2,1-4H3. The molecule has 0 saturated carbocycles. The predicted octanol–water partition coefficient (Wildman–Crippen LogP) is 2.33. The van der Waals surface area contributed by atoms with Gasteiger partial charge in [0, 0.05) is 6.04 Å². The fourth-order valence-electron chi connectivity index (χ4n) is 1.53. The first-order valence-corrected chi connectivity index (χ1v) is 4.47. The summed E-state index contributed by atoms with van der Waals surface area (Å²) in [7, 11) is 1.69. The van der Waals surface area contributed by atoms with Crippen LogP contribution in [-0.4, -0.2) is 7.11 Å². The van der Waals surface area contributed by atoms with E-state index < -0.39 is 0 Å². The number of benzene rings is 1. The summed E-state index contributed by atoms with van der Waals surface area (Å²) in [5.41, 5.74) is 9.44. The highest BCUT2D eigenvalue weighted by Gasteiger charge is 2.08. The molecule has 0 bridgehead atoms. The van der Waals surface area contributed by atoms with E-state index in [1.807, 2.05) is 19.1 Å². The second kappa shape index (κ2) is 3.79. The fraction of sp³-hybridized carbons (Fsp3) is 0.455. The van der Waals surface area contributed by atoms with Gasteiger partial charge in [0.05, 0.1) is 7.11 Å². The van der Waals surface area contributed by atoms with Crippen molar-refractivity contribution in [2.75, 3.05) is 7.11 Å². The van der Waals surface area contributed by atoms with Gasteiger partial charge in [-0.1, -0.05) is 6.07 Å². The molecule has 0 aliphatic heterocycles. The molecule has 0 aromatic heterocycles. The molecule has 0 radical (unpaired) electrons. The Bertz CT molecular complexity index is 305. The van der Waals surface area contributed by atoms with Crippen molar-refractivity contribution in [1.29, 1.82) is 0 Å². The fourth-order valence-corrected chi connectivity index (χ4v) is 1.53. The number of methoxy groups -OCH3 is 1. The van der Waals surface area contributed by atoms with E-state index in [2.05, 4.69) is 13.8 Å². The highest BCUT2D eigenvalue weighted by molar-refractivity contribution is 5.44. The summed E-state index contributed by atoms with van der Waals surface area (Å²) in [4.78, 5) is 0. The molecule has 1 unspecified atom stereocenters. The molecule has 2 heteroatoms. The van der Waals surface area contributed by atoms with Crippen molar-refractivity contribution >= 4 is 0 Å². The largest absolute Gasteiger partial charge is 0.496 e. The van der Waals surface area contributed by atoms with Crippen LogP contribution in [0, 0.1) is 13.8 Å². The van der Waals surface area contributed by atoms with E-state index in [1.165, 1.54) is 16.7 Å². The Balaban J connectivity index is 3.23. The Labute approximate surface area is 79.7 Å².